The quantitative estimate of drug-likeness (QED) is 0.199. The van der Waals surface area contributed by atoms with E-state index in [1.807, 2.05) is 0 Å². The van der Waals surface area contributed by atoms with Crippen LogP contribution in [0.4, 0.5) is 0 Å². The van der Waals surface area contributed by atoms with Gasteiger partial charge in [0.2, 0.25) is 0 Å². The number of carbonyl (C=O) groups is 1. The summed E-state index contributed by atoms with van der Waals surface area (Å²) in [6.45, 7) is 22.0. The van der Waals surface area contributed by atoms with Gasteiger partial charge in [-0.1, -0.05) is 67.0 Å². The van der Waals surface area contributed by atoms with Crippen molar-refractivity contribution in [3.05, 3.63) is 11.6 Å². The molecule has 5 aliphatic carbocycles. The maximum Gasteiger partial charge on any atom is 0.161 e. The molecule has 0 bridgehead atoms. The van der Waals surface area contributed by atoms with Crippen LogP contribution in [0.3, 0.4) is 0 Å². The third kappa shape index (κ3) is 4.28. The zero-order valence-electron chi connectivity index (χ0n) is 27.3. The van der Waals surface area contributed by atoms with E-state index in [0.717, 1.165) is 31.1 Å². The number of ether oxygens (including phenoxy) is 2. The molecule has 0 spiro atoms. The molecule has 3 nitrogen and oxygen atoms in total. The average molecular weight is 553 g/mol. The van der Waals surface area contributed by atoms with Crippen molar-refractivity contribution in [3.8, 4) is 0 Å². The summed E-state index contributed by atoms with van der Waals surface area (Å²) in [7, 11) is 0. The van der Waals surface area contributed by atoms with E-state index in [9.17, 15) is 4.79 Å². The Labute approximate surface area is 246 Å². The van der Waals surface area contributed by atoms with Gasteiger partial charge in [-0.3, -0.25) is 0 Å². The third-order valence-electron chi connectivity index (χ3n) is 15.1. The minimum Gasteiger partial charge on any atom is -0.349 e. The molecule has 0 amide bonds. The summed E-state index contributed by atoms with van der Waals surface area (Å²) in [5, 5.41) is 0. The molecule has 1 heterocycles. The molecule has 1 saturated heterocycles. The predicted octanol–water partition coefficient (Wildman–Crippen LogP) is 9.25. The van der Waals surface area contributed by atoms with Crippen molar-refractivity contribution in [3.63, 3.8) is 0 Å². The van der Waals surface area contributed by atoms with Crippen molar-refractivity contribution in [2.45, 2.75) is 145 Å². The Morgan fingerprint density at radius 1 is 0.800 bits per heavy atom. The molecule has 0 N–H and O–H groups in total. The Morgan fingerprint density at radius 3 is 2.25 bits per heavy atom. The fraction of sp³-hybridized carbons (Fsp3) is 0.919. The highest BCUT2D eigenvalue weighted by Crippen LogP contribution is 2.70. The molecule has 0 aromatic heterocycles. The number of hydrogen-bond donors (Lipinski definition) is 0. The monoisotopic (exact) mass is 552 g/mol. The lowest BCUT2D eigenvalue weighted by Gasteiger charge is -2.66. The van der Waals surface area contributed by atoms with Gasteiger partial charge in [-0.15, -0.1) is 0 Å². The highest BCUT2D eigenvalue weighted by atomic mass is 16.7. The number of hydrogen-bond acceptors (Lipinski definition) is 3. The molecule has 6 unspecified atom stereocenters. The summed E-state index contributed by atoms with van der Waals surface area (Å²) >= 11 is 0. The highest BCUT2D eigenvalue weighted by Gasteiger charge is 2.63. The van der Waals surface area contributed by atoms with Crippen molar-refractivity contribution in [1.29, 1.82) is 0 Å². The molecule has 14 atom stereocenters. The number of fused-ring (bicyclic) bond motifs is 7. The Kier molecular flexibility index (Phi) is 7.30. The van der Waals surface area contributed by atoms with Crippen LogP contribution >= 0.6 is 0 Å². The van der Waals surface area contributed by atoms with Crippen molar-refractivity contribution in [1.82, 2.24) is 0 Å². The number of allylic oxidation sites excluding steroid dienone is 2. The van der Waals surface area contributed by atoms with Gasteiger partial charge in [0.25, 0.3) is 0 Å². The summed E-state index contributed by atoms with van der Waals surface area (Å²) in [6.07, 6.45) is 16.8. The van der Waals surface area contributed by atoms with E-state index in [2.05, 4.69) is 68.4 Å². The van der Waals surface area contributed by atoms with E-state index in [1.165, 1.54) is 51.2 Å². The average Bonchev–Trinajstić information content (AvgIpc) is 2.91. The van der Waals surface area contributed by atoms with Crippen LogP contribution in [0.25, 0.3) is 0 Å². The molecular weight excluding hydrogens is 492 g/mol. The zero-order chi connectivity index (χ0) is 28.8. The molecule has 6 aliphatic rings. The summed E-state index contributed by atoms with van der Waals surface area (Å²) in [5.41, 5.74) is 2.70. The topological polar surface area (TPSA) is 35.5 Å². The molecule has 1 aliphatic heterocycles. The van der Waals surface area contributed by atoms with Gasteiger partial charge in [0.05, 0.1) is 12.2 Å². The van der Waals surface area contributed by atoms with Crippen molar-refractivity contribution in [2.75, 3.05) is 0 Å². The molecular formula is C37H60O3. The van der Waals surface area contributed by atoms with Gasteiger partial charge in [-0.25, -0.2) is 0 Å². The van der Waals surface area contributed by atoms with Crippen LogP contribution in [-0.4, -0.2) is 24.8 Å². The van der Waals surface area contributed by atoms with Gasteiger partial charge in [0.15, 0.2) is 6.29 Å². The standard InChI is InChI=1S/C37H60O3/c1-22-23(2)26(5)39-33(24(22)3)40-31-14-16-35(8)28(25(31)4)12-15-36(9)29-13-17-37(21-38)19-18-34(6,7)20-30(37)27(29)10-11-32(35)36/h10,21-26,28-33H,11-20H2,1-9H3/t22-,23-,24?,25?,26?,28-,29+,30?,31-,32?,33-,35?,36+,37-/m0/s1. The fourth-order valence-electron chi connectivity index (χ4n) is 11.9. The van der Waals surface area contributed by atoms with Gasteiger partial charge in [-0.2, -0.15) is 0 Å². The molecule has 0 radical (unpaired) electrons. The lowest BCUT2D eigenvalue weighted by Crippen LogP contribution is -2.60. The summed E-state index contributed by atoms with van der Waals surface area (Å²) < 4.78 is 13.4. The molecule has 6 rings (SSSR count). The number of carbonyl (C=O) groups excluding carboxylic acids is 1. The van der Waals surface area contributed by atoms with Crippen molar-refractivity contribution in [2.24, 2.45) is 69.0 Å². The molecule has 0 aromatic carbocycles. The minimum atomic E-state index is -0.0861. The summed E-state index contributed by atoms with van der Waals surface area (Å²) in [4.78, 5) is 12.6. The largest absolute Gasteiger partial charge is 0.349 e. The SMILES string of the molecule is CC1O[C@@H](O[C@H]2CCC3(C)C4CC=C5C6CC(C)(C)CC[C@]6(C=O)CC[C@H]5[C@@]4(C)CC[C@H]3C2C)C(C)[C@@H](C)[C@@H]1C. The Morgan fingerprint density at radius 2 is 1.52 bits per heavy atom. The number of aldehydes is 1. The Hall–Kier alpha value is -0.670. The minimum absolute atomic E-state index is 0.0629. The predicted molar refractivity (Wildman–Crippen MR) is 163 cm³/mol. The smallest absolute Gasteiger partial charge is 0.161 e. The normalized spacial score (nSPS) is 55.6. The molecule has 4 saturated carbocycles. The van der Waals surface area contributed by atoms with Crippen LogP contribution in [0.1, 0.15) is 127 Å². The van der Waals surface area contributed by atoms with E-state index >= 15 is 0 Å². The van der Waals surface area contributed by atoms with Crippen LogP contribution < -0.4 is 0 Å². The lowest BCUT2D eigenvalue weighted by atomic mass is 9.38. The van der Waals surface area contributed by atoms with Crippen LogP contribution in [0.15, 0.2) is 11.6 Å². The van der Waals surface area contributed by atoms with Crippen LogP contribution in [-0.2, 0) is 14.3 Å². The fourth-order valence-corrected chi connectivity index (χ4v) is 11.9. The summed E-state index contributed by atoms with van der Waals surface area (Å²) in [6, 6.07) is 0. The van der Waals surface area contributed by atoms with Gasteiger partial charge in [0, 0.05) is 11.3 Å². The van der Waals surface area contributed by atoms with Gasteiger partial charge < -0.3 is 14.3 Å². The maximum atomic E-state index is 12.6. The first kappa shape index (κ1) is 29.4. The van der Waals surface area contributed by atoms with Crippen LogP contribution in [0.2, 0.25) is 0 Å². The van der Waals surface area contributed by atoms with E-state index in [0.29, 0.717) is 57.9 Å². The van der Waals surface area contributed by atoms with Crippen LogP contribution in [0, 0.1) is 69.0 Å². The first-order valence-corrected chi connectivity index (χ1v) is 17.2. The zero-order valence-corrected chi connectivity index (χ0v) is 27.3. The second kappa shape index (κ2) is 9.93. The molecule has 0 aromatic rings. The molecule has 226 valence electrons. The van der Waals surface area contributed by atoms with E-state index < -0.39 is 0 Å². The first-order valence-electron chi connectivity index (χ1n) is 17.2. The highest BCUT2D eigenvalue weighted by molar-refractivity contribution is 5.62. The molecule has 5 fully saturated rings. The second-order valence-electron chi connectivity index (χ2n) is 17.4. The number of rotatable bonds is 3. The molecule has 40 heavy (non-hydrogen) atoms. The van der Waals surface area contributed by atoms with Gasteiger partial charge in [0.1, 0.15) is 6.29 Å². The van der Waals surface area contributed by atoms with Gasteiger partial charge >= 0.3 is 0 Å². The Balaban J connectivity index is 1.23. The second-order valence-corrected chi connectivity index (χ2v) is 17.4. The summed E-state index contributed by atoms with van der Waals surface area (Å²) in [5.74, 6) is 4.82. The Bertz CT molecular complexity index is 1010. The lowest BCUT2D eigenvalue weighted by molar-refractivity contribution is -0.280. The first-order chi connectivity index (χ1) is 18.8. The molecule has 3 heteroatoms. The van der Waals surface area contributed by atoms with Gasteiger partial charge in [-0.05, 0) is 129 Å². The maximum absolute atomic E-state index is 12.6. The third-order valence-corrected chi connectivity index (χ3v) is 15.1. The van der Waals surface area contributed by atoms with E-state index in [1.54, 1.807) is 5.57 Å². The van der Waals surface area contributed by atoms with E-state index in [4.69, 9.17) is 9.47 Å². The van der Waals surface area contributed by atoms with Crippen molar-refractivity contribution < 1.29 is 14.3 Å². The van der Waals surface area contributed by atoms with Crippen molar-refractivity contribution >= 4 is 6.29 Å². The van der Waals surface area contributed by atoms with Crippen LogP contribution in [0.5, 0.6) is 0 Å². The van der Waals surface area contributed by atoms with E-state index in [-0.39, 0.29) is 17.8 Å².